The van der Waals surface area contributed by atoms with Crippen LogP contribution in [-0.4, -0.2) is 48.6 Å². The Morgan fingerprint density at radius 1 is 1.05 bits per heavy atom. The van der Waals surface area contributed by atoms with E-state index in [2.05, 4.69) is 15.5 Å². The molecule has 1 heterocycles. The Bertz CT molecular complexity index is 331. The number of carbonyl (C=O) groups excluding carboxylic acids is 1. The number of rotatable bonds is 7. The molecular weight excluding hydrogens is 262 g/mol. The number of hydrogen-bond acceptors (Lipinski definition) is 3. The number of hydrogen-bond donors (Lipinski definition) is 2. The van der Waals surface area contributed by atoms with Gasteiger partial charge in [-0.3, -0.25) is 9.69 Å². The molecule has 2 saturated carbocycles. The van der Waals surface area contributed by atoms with E-state index < -0.39 is 0 Å². The molecular formula is C17H31N3O. The number of nitrogens with one attached hydrogen (secondary N) is 2. The zero-order valence-corrected chi connectivity index (χ0v) is 13.3. The summed E-state index contributed by atoms with van der Waals surface area (Å²) >= 11 is 0. The maximum atomic E-state index is 12.1. The lowest BCUT2D eigenvalue weighted by atomic mass is 9.95. The van der Waals surface area contributed by atoms with E-state index in [4.69, 9.17) is 0 Å². The van der Waals surface area contributed by atoms with Gasteiger partial charge in [0.05, 0.1) is 0 Å². The Morgan fingerprint density at radius 2 is 1.86 bits per heavy atom. The van der Waals surface area contributed by atoms with Crippen molar-refractivity contribution in [2.24, 2.45) is 0 Å². The van der Waals surface area contributed by atoms with Crippen molar-refractivity contribution in [1.82, 2.24) is 15.5 Å². The molecule has 4 heteroatoms. The molecule has 0 aromatic heterocycles. The first-order valence-corrected chi connectivity index (χ1v) is 9.08. The van der Waals surface area contributed by atoms with Crippen LogP contribution >= 0.6 is 0 Å². The lowest BCUT2D eigenvalue weighted by Gasteiger charge is -2.26. The molecule has 2 N–H and O–H groups in total. The van der Waals surface area contributed by atoms with Crippen molar-refractivity contribution >= 4 is 5.91 Å². The van der Waals surface area contributed by atoms with Gasteiger partial charge in [-0.25, -0.2) is 0 Å². The van der Waals surface area contributed by atoms with Crippen LogP contribution in [0.3, 0.4) is 0 Å². The van der Waals surface area contributed by atoms with Crippen molar-refractivity contribution in [2.75, 3.05) is 19.6 Å². The van der Waals surface area contributed by atoms with Crippen molar-refractivity contribution in [3.05, 3.63) is 0 Å². The summed E-state index contributed by atoms with van der Waals surface area (Å²) in [5.74, 6) is 0.270. The molecule has 3 fully saturated rings. The van der Waals surface area contributed by atoms with E-state index in [1.54, 1.807) is 0 Å². The molecule has 0 aromatic carbocycles. The van der Waals surface area contributed by atoms with Crippen LogP contribution in [0.2, 0.25) is 0 Å². The van der Waals surface area contributed by atoms with E-state index >= 15 is 0 Å². The highest BCUT2D eigenvalue weighted by atomic mass is 16.1. The molecule has 1 aliphatic heterocycles. The van der Waals surface area contributed by atoms with Crippen molar-refractivity contribution in [3.8, 4) is 0 Å². The van der Waals surface area contributed by atoms with Gasteiger partial charge in [0.1, 0.15) is 0 Å². The van der Waals surface area contributed by atoms with Gasteiger partial charge in [-0.15, -0.1) is 0 Å². The first kappa shape index (κ1) is 15.3. The SMILES string of the molecule is O=C(CCN(CC1CCCN1)C1CC1)NC1CCCCC1. The molecule has 1 atom stereocenters. The minimum atomic E-state index is 0.270. The maximum absolute atomic E-state index is 12.1. The zero-order chi connectivity index (χ0) is 14.5. The van der Waals surface area contributed by atoms with Crippen LogP contribution in [0.4, 0.5) is 0 Å². The Labute approximate surface area is 129 Å². The van der Waals surface area contributed by atoms with Crippen LogP contribution in [-0.2, 0) is 4.79 Å². The van der Waals surface area contributed by atoms with Crippen molar-refractivity contribution in [1.29, 1.82) is 0 Å². The molecule has 2 aliphatic carbocycles. The molecule has 4 nitrogen and oxygen atoms in total. The van der Waals surface area contributed by atoms with E-state index in [0.717, 1.165) is 19.1 Å². The minimum Gasteiger partial charge on any atom is -0.353 e. The fraction of sp³-hybridized carbons (Fsp3) is 0.941. The predicted molar refractivity (Wildman–Crippen MR) is 85.3 cm³/mol. The molecule has 3 aliphatic rings. The van der Waals surface area contributed by atoms with Gasteiger partial charge in [-0.05, 0) is 45.1 Å². The Morgan fingerprint density at radius 3 is 2.52 bits per heavy atom. The highest BCUT2D eigenvalue weighted by molar-refractivity contribution is 5.76. The summed E-state index contributed by atoms with van der Waals surface area (Å²) in [5, 5.41) is 6.83. The molecule has 1 saturated heterocycles. The smallest absolute Gasteiger partial charge is 0.221 e. The molecule has 1 amide bonds. The predicted octanol–water partition coefficient (Wildman–Crippen LogP) is 2.04. The van der Waals surface area contributed by atoms with E-state index in [9.17, 15) is 4.79 Å². The van der Waals surface area contributed by atoms with Gasteiger partial charge in [0.15, 0.2) is 0 Å². The molecule has 0 spiro atoms. The lowest BCUT2D eigenvalue weighted by molar-refractivity contribution is -0.122. The Balaban J connectivity index is 1.37. The second kappa shape index (κ2) is 7.59. The van der Waals surface area contributed by atoms with Gasteiger partial charge in [-0.1, -0.05) is 19.3 Å². The third-order valence-corrected chi connectivity index (χ3v) is 5.28. The summed E-state index contributed by atoms with van der Waals surface area (Å²) in [6.07, 6.45) is 12.2. The summed E-state index contributed by atoms with van der Waals surface area (Å²) in [5.41, 5.74) is 0. The molecule has 3 rings (SSSR count). The lowest BCUT2D eigenvalue weighted by Crippen LogP contribution is -2.42. The second-order valence-electron chi connectivity index (χ2n) is 7.17. The van der Waals surface area contributed by atoms with E-state index in [-0.39, 0.29) is 5.91 Å². The highest BCUT2D eigenvalue weighted by Crippen LogP contribution is 2.27. The van der Waals surface area contributed by atoms with E-state index in [1.807, 2.05) is 0 Å². The minimum absolute atomic E-state index is 0.270. The highest BCUT2D eigenvalue weighted by Gasteiger charge is 2.31. The monoisotopic (exact) mass is 293 g/mol. The summed E-state index contributed by atoms with van der Waals surface area (Å²) < 4.78 is 0. The standard InChI is InChI=1S/C17H31N3O/c21-17(19-14-5-2-1-3-6-14)10-12-20(16-8-9-16)13-15-7-4-11-18-15/h14-16,18H,1-13H2,(H,19,21). The van der Waals surface area contributed by atoms with Crippen molar-refractivity contribution < 1.29 is 4.79 Å². The first-order valence-electron chi connectivity index (χ1n) is 9.08. The van der Waals surface area contributed by atoms with Gasteiger partial charge in [0.25, 0.3) is 0 Å². The average Bonchev–Trinajstić information content (AvgIpc) is 3.22. The first-order chi connectivity index (χ1) is 10.3. The Kier molecular flexibility index (Phi) is 5.53. The summed E-state index contributed by atoms with van der Waals surface area (Å²) in [7, 11) is 0. The van der Waals surface area contributed by atoms with Gasteiger partial charge in [-0.2, -0.15) is 0 Å². The van der Waals surface area contributed by atoms with Crippen molar-refractivity contribution in [3.63, 3.8) is 0 Å². The summed E-state index contributed by atoms with van der Waals surface area (Å²) in [6.45, 7) is 3.26. The van der Waals surface area contributed by atoms with Crippen LogP contribution in [0, 0.1) is 0 Å². The maximum Gasteiger partial charge on any atom is 0.221 e. The molecule has 0 bridgehead atoms. The number of amides is 1. The molecule has 21 heavy (non-hydrogen) atoms. The fourth-order valence-corrected chi connectivity index (χ4v) is 3.85. The van der Waals surface area contributed by atoms with Crippen LogP contribution in [0.25, 0.3) is 0 Å². The molecule has 1 unspecified atom stereocenters. The number of carbonyl (C=O) groups is 1. The Hall–Kier alpha value is -0.610. The van der Waals surface area contributed by atoms with Crippen molar-refractivity contribution in [2.45, 2.75) is 82.3 Å². The van der Waals surface area contributed by atoms with E-state index in [1.165, 1.54) is 64.3 Å². The van der Waals surface area contributed by atoms with Crippen LogP contribution in [0.5, 0.6) is 0 Å². The topological polar surface area (TPSA) is 44.4 Å². The zero-order valence-electron chi connectivity index (χ0n) is 13.3. The fourth-order valence-electron chi connectivity index (χ4n) is 3.85. The third-order valence-electron chi connectivity index (χ3n) is 5.28. The van der Waals surface area contributed by atoms with Gasteiger partial charge in [0, 0.05) is 37.6 Å². The average molecular weight is 293 g/mol. The molecule has 0 radical (unpaired) electrons. The van der Waals surface area contributed by atoms with Crippen LogP contribution in [0.15, 0.2) is 0 Å². The summed E-state index contributed by atoms with van der Waals surface area (Å²) in [4.78, 5) is 14.7. The van der Waals surface area contributed by atoms with Crippen LogP contribution < -0.4 is 10.6 Å². The number of nitrogens with zero attached hydrogens (tertiary/aromatic N) is 1. The van der Waals surface area contributed by atoms with Gasteiger partial charge >= 0.3 is 0 Å². The quantitative estimate of drug-likeness (QED) is 0.755. The normalized spacial score (nSPS) is 27.2. The van der Waals surface area contributed by atoms with Gasteiger partial charge < -0.3 is 10.6 Å². The summed E-state index contributed by atoms with van der Waals surface area (Å²) in [6, 6.07) is 1.87. The molecule has 120 valence electrons. The second-order valence-corrected chi connectivity index (χ2v) is 7.17. The third kappa shape index (κ3) is 4.96. The van der Waals surface area contributed by atoms with Crippen LogP contribution in [0.1, 0.15) is 64.2 Å². The van der Waals surface area contributed by atoms with Gasteiger partial charge in [0.2, 0.25) is 5.91 Å². The largest absolute Gasteiger partial charge is 0.353 e. The molecule has 0 aromatic rings. The van der Waals surface area contributed by atoms with E-state index in [0.29, 0.717) is 18.5 Å².